The van der Waals surface area contributed by atoms with E-state index in [-0.39, 0.29) is 5.82 Å². The number of aromatic nitrogens is 3. The maximum atomic E-state index is 13.9. The summed E-state index contributed by atoms with van der Waals surface area (Å²) in [7, 11) is 1.50. The second kappa shape index (κ2) is 4.10. The quantitative estimate of drug-likeness (QED) is 0.753. The molecular weight excluding hydrogens is 233 g/mol. The minimum Gasteiger partial charge on any atom is -0.496 e. The van der Waals surface area contributed by atoms with Crippen LogP contribution in [0.2, 0.25) is 0 Å². The van der Waals surface area contributed by atoms with Crippen molar-refractivity contribution in [2.75, 3.05) is 7.11 Å². The van der Waals surface area contributed by atoms with Gasteiger partial charge in [-0.3, -0.25) is 4.98 Å². The molecule has 1 aromatic carbocycles. The molecule has 0 aliphatic rings. The minimum absolute atomic E-state index is 0.330. The molecule has 0 bridgehead atoms. The minimum atomic E-state index is -0.374. The zero-order valence-electron chi connectivity index (χ0n) is 9.64. The van der Waals surface area contributed by atoms with Gasteiger partial charge in [-0.1, -0.05) is 6.07 Å². The Morgan fingerprint density at radius 2 is 2.17 bits per heavy atom. The van der Waals surface area contributed by atoms with Crippen LogP contribution in [0.1, 0.15) is 0 Å². The lowest BCUT2D eigenvalue weighted by molar-refractivity contribution is 0.413. The van der Waals surface area contributed by atoms with Crippen LogP contribution in [0.25, 0.3) is 22.4 Å². The Hall–Kier alpha value is -2.43. The first-order valence-corrected chi connectivity index (χ1v) is 5.42. The highest BCUT2D eigenvalue weighted by molar-refractivity contribution is 5.79. The highest BCUT2D eigenvalue weighted by Crippen LogP contribution is 2.31. The van der Waals surface area contributed by atoms with Crippen molar-refractivity contribution < 1.29 is 9.13 Å². The van der Waals surface area contributed by atoms with Crippen LogP contribution in [0.5, 0.6) is 5.75 Å². The van der Waals surface area contributed by atoms with Crippen LogP contribution in [-0.2, 0) is 0 Å². The number of H-pyrrole nitrogens is 1. The lowest BCUT2D eigenvalue weighted by atomic mass is 10.2. The monoisotopic (exact) mass is 243 g/mol. The van der Waals surface area contributed by atoms with E-state index in [4.69, 9.17) is 4.74 Å². The molecule has 2 aromatic heterocycles. The van der Waals surface area contributed by atoms with Crippen molar-refractivity contribution in [3.05, 3.63) is 42.5 Å². The lowest BCUT2D eigenvalue weighted by Crippen LogP contribution is -1.92. The molecule has 90 valence electrons. The molecule has 4 nitrogen and oxygen atoms in total. The normalized spacial score (nSPS) is 10.8. The maximum Gasteiger partial charge on any atom is 0.145 e. The summed E-state index contributed by atoms with van der Waals surface area (Å²) in [6.07, 6.45) is 3.30. The summed E-state index contributed by atoms with van der Waals surface area (Å²) < 4.78 is 19.1. The molecule has 0 unspecified atom stereocenters. The fourth-order valence-electron chi connectivity index (χ4n) is 1.88. The van der Waals surface area contributed by atoms with E-state index in [9.17, 15) is 4.39 Å². The fourth-order valence-corrected chi connectivity index (χ4v) is 1.88. The topological polar surface area (TPSA) is 50.8 Å². The molecule has 18 heavy (non-hydrogen) atoms. The summed E-state index contributed by atoms with van der Waals surface area (Å²) in [4.78, 5) is 11.4. The molecule has 0 radical (unpaired) electrons. The van der Waals surface area contributed by atoms with Crippen LogP contribution in [0.15, 0.2) is 36.7 Å². The Morgan fingerprint density at radius 3 is 2.94 bits per heavy atom. The number of benzene rings is 1. The standard InChI is InChI=1S/C13H10FN3O/c1-18-11-4-2-3-8(14)12(11)13-16-9-5-6-15-7-10(9)17-13/h2-7H,1H3,(H,16,17). The third-order valence-electron chi connectivity index (χ3n) is 2.72. The number of fused-ring (bicyclic) bond motifs is 1. The van der Waals surface area contributed by atoms with Gasteiger partial charge in [0.15, 0.2) is 0 Å². The van der Waals surface area contributed by atoms with Gasteiger partial charge in [-0.2, -0.15) is 0 Å². The molecule has 0 saturated carbocycles. The van der Waals surface area contributed by atoms with Crippen LogP contribution in [0, 0.1) is 5.82 Å². The molecule has 1 N–H and O–H groups in total. The van der Waals surface area contributed by atoms with Gasteiger partial charge in [0, 0.05) is 6.20 Å². The van der Waals surface area contributed by atoms with E-state index in [2.05, 4.69) is 15.0 Å². The number of nitrogens with one attached hydrogen (secondary N) is 1. The van der Waals surface area contributed by atoms with Gasteiger partial charge < -0.3 is 9.72 Å². The van der Waals surface area contributed by atoms with E-state index in [1.165, 1.54) is 13.2 Å². The van der Waals surface area contributed by atoms with Crippen molar-refractivity contribution in [2.45, 2.75) is 0 Å². The number of aromatic amines is 1. The van der Waals surface area contributed by atoms with Gasteiger partial charge in [0.05, 0.1) is 29.9 Å². The molecule has 0 amide bonds. The van der Waals surface area contributed by atoms with Crippen LogP contribution >= 0.6 is 0 Å². The molecule has 3 rings (SSSR count). The van der Waals surface area contributed by atoms with E-state index >= 15 is 0 Å². The number of nitrogens with zero attached hydrogens (tertiary/aromatic N) is 2. The van der Waals surface area contributed by atoms with Crippen molar-refractivity contribution in [1.29, 1.82) is 0 Å². The summed E-state index contributed by atoms with van der Waals surface area (Å²) in [6, 6.07) is 6.44. The first kappa shape index (κ1) is 10.7. The highest BCUT2D eigenvalue weighted by atomic mass is 19.1. The predicted octanol–water partition coefficient (Wildman–Crippen LogP) is 2.77. The van der Waals surface area contributed by atoms with Crippen molar-refractivity contribution in [1.82, 2.24) is 15.0 Å². The average Bonchev–Trinajstić information content (AvgIpc) is 2.81. The summed E-state index contributed by atoms with van der Waals surface area (Å²) in [5.74, 6) is 0.510. The van der Waals surface area contributed by atoms with Crippen molar-refractivity contribution in [3.8, 4) is 17.1 Å². The fraction of sp³-hybridized carbons (Fsp3) is 0.0769. The summed E-state index contributed by atoms with van der Waals surface area (Å²) in [6.45, 7) is 0. The number of methoxy groups -OCH3 is 1. The first-order chi connectivity index (χ1) is 8.79. The number of ether oxygens (including phenoxy) is 1. The Kier molecular flexibility index (Phi) is 2.44. The molecule has 0 atom stereocenters. The molecule has 0 saturated heterocycles. The highest BCUT2D eigenvalue weighted by Gasteiger charge is 2.15. The predicted molar refractivity (Wildman–Crippen MR) is 65.8 cm³/mol. The number of pyridine rings is 1. The van der Waals surface area contributed by atoms with E-state index < -0.39 is 0 Å². The van der Waals surface area contributed by atoms with Gasteiger partial charge >= 0.3 is 0 Å². The van der Waals surface area contributed by atoms with E-state index in [1.54, 1.807) is 30.6 Å². The van der Waals surface area contributed by atoms with Crippen molar-refractivity contribution in [3.63, 3.8) is 0 Å². The van der Waals surface area contributed by atoms with Gasteiger partial charge in [-0.15, -0.1) is 0 Å². The molecule has 0 aliphatic heterocycles. The average molecular weight is 243 g/mol. The van der Waals surface area contributed by atoms with Gasteiger partial charge in [-0.05, 0) is 18.2 Å². The van der Waals surface area contributed by atoms with Gasteiger partial charge in [0.25, 0.3) is 0 Å². The summed E-state index contributed by atoms with van der Waals surface area (Å²) >= 11 is 0. The molecule has 0 fully saturated rings. The van der Waals surface area contributed by atoms with E-state index in [0.717, 1.165) is 11.0 Å². The van der Waals surface area contributed by atoms with Crippen molar-refractivity contribution in [2.24, 2.45) is 0 Å². The summed E-state index contributed by atoms with van der Waals surface area (Å²) in [5.41, 5.74) is 1.83. The maximum absolute atomic E-state index is 13.9. The third-order valence-corrected chi connectivity index (χ3v) is 2.72. The summed E-state index contributed by atoms with van der Waals surface area (Å²) in [5, 5.41) is 0. The smallest absolute Gasteiger partial charge is 0.145 e. The Bertz CT molecular complexity index is 675. The zero-order chi connectivity index (χ0) is 12.5. The number of halogens is 1. The van der Waals surface area contributed by atoms with Crippen LogP contribution < -0.4 is 4.74 Å². The van der Waals surface area contributed by atoms with E-state index in [0.29, 0.717) is 17.1 Å². The largest absolute Gasteiger partial charge is 0.496 e. The molecule has 0 spiro atoms. The zero-order valence-corrected chi connectivity index (χ0v) is 9.64. The second-order valence-corrected chi connectivity index (χ2v) is 3.80. The first-order valence-electron chi connectivity index (χ1n) is 5.42. The number of rotatable bonds is 2. The third kappa shape index (κ3) is 1.60. The Labute approximate surface area is 102 Å². The number of hydrogen-bond donors (Lipinski definition) is 1. The number of hydrogen-bond acceptors (Lipinski definition) is 3. The molecule has 2 heterocycles. The number of imidazole rings is 1. The Morgan fingerprint density at radius 1 is 1.28 bits per heavy atom. The van der Waals surface area contributed by atoms with Crippen molar-refractivity contribution >= 4 is 11.0 Å². The van der Waals surface area contributed by atoms with E-state index in [1.807, 2.05) is 0 Å². The van der Waals surface area contributed by atoms with Gasteiger partial charge in [0.1, 0.15) is 17.4 Å². The van der Waals surface area contributed by atoms with Crippen LogP contribution in [-0.4, -0.2) is 22.1 Å². The van der Waals surface area contributed by atoms with Crippen LogP contribution in [0.3, 0.4) is 0 Å². The SMILES string of the molecule is COc1cccc(F)c1-c1nc2ccncc2[nH]1. The molecule has 3 aromatic rings. The molecule has 0 aliphatic carbocycles. The van der Waals surface area contributed by atoms with Crippen LogP contribution in [0.4, 0.5) is 4.39 Å². The van der Waals surface area contributed by atoms with Gasteiger partial charge in [0.2, 0.25) is 0 Å². The lowest BCUT2D eigenvalue weighted by Gasteiger charge is -2.06. The molecule has 5 heteroatoms. The molecular formula is C13H10FN3O. The Balaban J connectivity index is 2.25. The van der Waals surface area contributed by atoms with Gasteiger partial charge in [-0.25, -0.2) is 9.37 Å². The second-order valence-electron chi connectivity index (χ2n) is 3.80.